The summed E-state index contributed by atoms with van der Waals surface area (Å²) in [6, 6.07) is 2.96. The number of phosphoric acid groups is 2. The summed E-state index contributed by atoms with van der Waals surface area (Å²) >= 11 is 0. The number of nitrogens with zero attached hydrogens (tertiary/aromatic N) is 2. The van der Waals surface area contributed by atoms with E-state index < -0.39 is 43.5 Å². The summed E-state index contributed by atoms with van der Waals surface area (Å²) in [7, 11) is -10.1. The topological polar surface area (TPSA) is 212 Å². The Hall–Kier alpha value is -1.96. The number of hydrogen-bond donors (Lipinski definition) is 4. The summed E-state index contributed by atoms with van der Waals surface area (Å²) < 4.78 is 29.4. The first-order valence-corrected chi connectivity index (χ1v) is 9.35. The first-order valence-electron chi connectivity index (χ1n) is 6.32. The molecule has 0 amide bonds. The van der Waals surface area contributed by atoms with Gasteiger partial charge in [0, 0.05) is 12.6 Å². The van der Waals surface area contributed by atoms with Crippen molar-refractivity contribution in [3.63, 3.8) is 0 Å². The minimum absolute atomic E-state index is 0. The number of phosphoric ester groups is 1. The normalized spacial score (nSPS) is 12.0. The Morgan fingerprint density at radius 3 is 2.03 bits per heavy atom. The van der Waals surface area contributed by atoms with Gasteiger partial charge in [0.1, 0.15) is 5.69 Å². The van der Waals surface area contributed by atoms with E-state index in [1.54, 1.807) is 0 Å². The van der Waals surface area contributed by atoms with Crippen molar-refractivity contribution >= 4 is 42.8 Å². The average molecular weight is 467 g/mol. The summed E-state index contributed by atoms with van der Waals surface area (Å²) in [5.41, 5.74) is -1.02. The Labute approximate surface area is 163 Å². The minimum atomic E-state index is -5.20. The van der Waals surface area contributed by atoms with Crippen molar-refractivity contribution in [3.8, 4) is 0 Å². The third-order valence-electron chi connectivity index (χ3n) is 2.49. The molecule has 0 aliphatic heterocycles. The van der Waals surface area contributed by atoms with Crippen molar-refractivity contribution in [1.29, 1.82) is 0 Å². The molecule has 20 heteroatoms. The van der Waals surface area contributed by atoms with Crippen molar-refractivity contribution in [2.24, 2.45) is 0 Å². The number of benzene rings is 1. The molecule has 4 N–H and O–H groups in total. The molecule has 1 rings (SSSR count). The van der Waals surface area contributed by atoms with Crippen LogP contribution in [-0.4, -0.2) is 47.8 Å². The van der Waals surface area contributed by atoms with E-state index in [9.17, 15) is 29.4 Å². The summed E-state index contributed by atoms with van der Waals surface area (Å²) in [5, 5.41) is 24.1. The molecule has 0 saturated heterocycles. The molecule has 0 fully saturated rings. The molecule has 0 aliphatic rings. The van der Waals surface area contributed by atoms with E-state index in [-0.39, 0.29) is 42.9 Å². The number of nitro benzene ring substituents is 2. The Morgan fingerprint density at radius 2 is 1.59 bits per heavy atom. The van der Waals surface area contributed by atoms with Gasteiger partial charge in [0.2, 0.25) is 0 Å². The molecule has 0 spiro atoms. The number of halogens is 3. The number of non-ortho nitro benzene ring substituents is 1. The van der Waals surface area contributed by atoms with Gasteiger partial charge in [-0.15, -0.1) is 0 Å². The van der Waals surface area contributed by atoms with E-state index in [2.05, 4.69) is 14.2 Å². The Kier molecular flexibility index (Phi) is 16.8. The van der Waals surface area contributed by atoms with Gasteiger partial charge in [-0.3, -0.25) is 24.8 Å². The molecule has 1 atom stereocenters. The molecule has 0 radical (unpaired) electrons. The van der Waals surface area contributed by atoms with Crippen LogP contribution in [-0.2, 0) is 18.0 Å². The second-order valence-corrected chi connectivity index (χ2v) is 7.20. The standard InChI is InChI=1S/C9H13N3O11P2.Be.3FH/c13-11(14)7-2-3-8(9(6-7)12(15)16)10-4-1-5-22-25(20,21)23-24(17,18)19;;;;/h2-3,6,10H,1,4-5H2,(H,20,21)(H2,17,18,19);;3*1H/q;+2;;;/p-3. The van der Waals surface area contributed by atoms with Crippen molar-refractivity contribution < 1.29 is 56.6 Å². The van der Waals surface area contributed by atoms with Crippen LogP contribution in [0.1, 0.15) is 6.42 Å². The summed E-state index contributed by atoms with van der Waals surface area (Å²) in [5.74, 6) is 0. The van der Waals surface area contributed by atoms with Gasteiger partial charge in [0.15, 0.2) is 0 Å². The van der Waals surface area contributed by atoms with Crippen LogP contribution in [0.5, 0.6) is 0 Å². The van der Waals surface area contributed by atoms with Crippen LogP contribution in [0.15, 0.2) is 18.2 Å². The van der Waals surface area contributed by atoms with Crippen molar-refractivity contribution in [3.05, 3.63) is 38.4 Å². The first kappa shape index (κ1) is 34.5. The molecular formula is C9H13BeF3N3O11P2-. The van der Waals surface area contributed by atoms with Crippen LogP contribution >= 0.6 is 15.6 Å². The van der Waals surface area contributed by atoms with Crippen LogP contribution in [0, 0.1) is 20.2 Å². The van der Waals surface area contributed by atoms with Gasteiger partial charge in [-0.05, 0) is 12.5 Å². The van der Waals surface area contributed by atoms with E-state index in [0.29, 0.717) is 0 Å². The fraction of sp³-hybridized carbons (Fsp3) is 0.333. The molecule has 0 heterocycles. The summed E-state index contributed by atoms with van der Waals surface area (Å²) in [6.07, 6.45) is 0.00319. The zero-order chi connectivity index (χ0) is 19.3. The van der Waals surface area contributed by atoms with E-state index in [1.165, 1.54) is 0 Å². The van der Waals surface area contributed by atoms with Crippen LogP contribution in [0.2, 0.25) is 0 Å². The predicted molar refractivity (Wildman–Crippen MR) is 87.5 cm³/mol. The average Bonchev–Trinajstić information content (AvgIpc) is 2.43. The van der Waals surface area contributed by atoms with E-state index >= 15 is 0 Å². The van der Waals surface area contributed by atoms with Gasteiger partial charge in [-0.1, -0.05) is 0 Å². The number of rotatable bonds is 10. The molecule has 29 heavy (non-hydrogen) atoms. The minimum Gasteiger partial charge on any atom is -1.00 e. The van der Waals surface area contributed by atoms with Crippen LogP contribution in [0.3, 0.4) is 0 Å². The Morgan fingerprint density at radius 1 is 1.03 bits per heavy atom. The third-order valence-corrected chi connectivity index (χ3v) is 4.67. The monoisotopic (exact) mass is 467 g/mol. The van der Waals surface area contributed by atoms with Gasteiger partial charge in [0.25, 0.3) is 11.4 Å². The SMILES string of the molecule is O=[N+]([O-])c1ccc(NCCCOP(=O)(O)OP(=O)(O)O)c([N+](=O)[O-])c1.[Be+2].[F-].[F-].[F-]. The Bertz CT molecular complexity index is 768. The second-order valence-electron chi connectivity index (χ2n) is 4.37. The largest absolute Gasteiger partial charge is 2.00 e. The molecular weight excluding hydrogens is 454 g/mol. The van der Waals surface area contributed by atoms with E-state index in [4.69, 9.17) is 14.7 Å². The third kappa shape index (κ3) is 13.0. The maximum Gasteiger partial charge on any atom is 2.00 e. The fourth-order valence-corrected chi connectivity index (χ4v) is 3.19. The van der Waals surface area contributed by atoms with Crippen molar-refractivity contribution in [1.82, 2.24) is 0 Å². The molecule has 0 saturated carbocycles. The molecule has 1 aromatic rings. The smallest absolute Gasteiger partial charge is 1.00 e. The molecule has 164 valence electrons. The van der Waals surface area contributed by atoms with Gasteiger partial charge in [-0.25, -0.2) is 9.13 Å². The quantitative estimate of drug-likeness (QED) is 0.0831. The van der Waals surface area contributed by atoms with E-state index in [0.717, 1.165) is 18.2 Å². The zero-order valence-corrected chi connectivity index (χ0v) is 15.9. The predicted octanol–water partition coefficient (Wildman–Crippen LogP) is -7.84. The number of nitrogens with one attached hydrogen (secondary N) is 1. The summed E-state index contributed by atoms with van der Waals surface area (Å²) in [4.78, 5) is 45.7. The van der Waals surface area contributed by atoms with Gasteiger partial charge in [-0.2, -0.15) is 4.31 Å². The van der Waals surface area contributed by atoms with Crippen LogP contribution in [0.4, 0.5) is 17.1 Å². The number of anilines is 1. The summed E-state index contributed by atoms with van der Waals surface area (Å²) in [6.45, 7) is -0.462. The first-order chi connectivity index (χ1) is 11.4. The molecule has 14 nitrogen and oxygen atoms in total. The maximum absolute atomic E-state index is 11.2. The maximum atomic E-state index is 11.2. The number of nitro groups is 2. The second kappa shape index (κ2) is 14.1. The van der Waals surface area contributed by atoms with Gasteiger partial charge >= 0.3 is 25.8 Å². The molecule has 0 bridgehead atoms. The van der Waals surface area contributed by atoms with Crippen molar-refractivity contribution in [2.75, 3.05) is 18.5 Å². The van der Waals surface area contributed by atoms with Crippen molar-refractivity contribution in [2.45, 2.75) is 6.42 Å². The molecule has 1 unspecified atom stereocenters. The van der Waals surface area contributed by atoms with Gasteiger partial charge < -0.3 is 34.1 Å². The Balaban J connectivity index is -0.000000781. The number of hydrogen-bond acceptors (Lipinski definition) is 9. The fourth-order valence-electron chi connectivity index (χ4n) is 1.57. The molecule has 0 aliphatic carbocycles. The van der Waals surface area contributed by atoms with Crippen LogP contribution < -0.4 is 19.4 Å². The van der Waals surface area contributed by atoms with Crippen LogP contribution in [0.25, 0.3) is 0 Å². The molecule has 0 aromatic heterocycles. The van der Waals surface area contributed by atoms with Gasteiger partial charge in [0.05, 0.1) is 22.5 Å². The van der Waals surface area contributed by atoms with E-state index in [1.807, 2.05) is 0 Å². The molecule has 1 aromatic carbocycles. The zero-order valence-electron chi connectivity index (χ0n) is 14.1.